The molecular weight excluding hydrogens is 186 g/mol. The van der Waals surface area contributed by atoms with E-state index in [0.717, 1.165) is 0 Å². The Bertz CT molecular complexity index is 477. The maximum Gasteiger partial charge on any atom is 0.125 e. The van der Waals surface area contributed by atoms with E-state index in [1.54, 1.807) is 36.4 Å². The molecule has 0 bridgehead atoms. The average molecular weight is 196 g/mol. The molecule has 2 aromatic rings. The fraction of sp³-hybridized carbons (Fsp3) is 0. The number of para-hydroxylation sites is 1. The van der Waals surface area contributed by atoms with Gasteiger partial charge in [-0.25, -0.2) is 0 Å². The summed E-state index contributed by atoms with van der Waals surface area (Å²) < 4.78 is 0. The second-order valence-electron chi connectivity index (χ2n) is 3.23. The Morgan fingerprint density at radius 1 is 0.867 bits per heavy atom. The fourth-order valence-corrected chi connectivity index (χ4v) is 1.43. The van der Waals surface area contributed by atoms with Crippen molar-refractivity contribution in [3.8, 4) is 5.75 Å². The van der Waals surface area contributed by atoms with Crippen molar-refractivity contribution in [2.75, 3.05) is 0 Å². The van der Waals surface area contributed by atoms with E-state index in [2.05, 4.69) is 0 Å². The summed E-state index contributed by atoms with van der Waals surface area (Å²) in [5, 5.41) is 19.5. The van der Waals surface area contributed by atoms with Gasteiger partial charge >= 0.3 is 0 Å². The van der Waals surface area contributed by atoms with Crippen LogP contribution in [0.25, 0.3) is 0 Å². The van der Waals surface area contributed by atoms with Crippen LogP contribution < -0.4 is 5.41 Å². The summed E-state index contributed by atoms with van der Waals surface area (Å²) >= 11 is 0. The van der Waals surface area contributed by atoms with Crippen molar-refractivity contribution in [2.24, 2.45) is 0 Å². The van der Waals surface area contributed by atoms with Crippen molar-refractivity contribution in [2.45, 2.75) is 0 Å². The topological polar surface area (TPSA) is 42.5 Å². The largest absolute Gasteiger partial charge is 0.507 e. The number of nitrogens with zero attached hydrogens (tertiary/aromatic N) is 1. The Balaban J connectivity index is 2.42. The van der Waals surface area contributed by atoms with Gasteiger partial charge in [-0.15, -0.1) is 5.41 Å². The van der Waals surface area contributed by atoms with Gasteiger partial charge in [0.25, 0.3) is 0 Å². The van der Waals surface area contributed by atoms with E-state index >= 15 is 0 Å². The number of phenols is 1. The van der Waals surface area contributed by atoms with Gasteiger partial charge in [-0.3, -0.25) is 0 Å². The summed E-state index contributed by atoms with van der Waals surface area (Å²) in [6.07, 6.45) is 0. The Kier molecular flexibility index (Phi) is 2.50. The highest BCUT2D eigenvalue weighted by molar-refractivity contribution is 6.13. The SMILES string of the molecule is [N]=C(c1ccccc1)c1ccccc1O. The van der Waals surface area contributed by atoms with Crippen LogP contribution >= 0.6 is 0 Å². The molecule has 0 heterocycles. The summed E-state index contributed by atoms with van der Waals surface area (Å²) in [5.41, 5.74) is 1.23. The summed E-state index contributed by atoms with van der Waals surface area (Å²) in [5.74, 6) is 0.0823. The Labute approximate surface area is 88.3 Å². The van der Waals surface area contributed by atoms with Gasteiger partial charge in [0.05, 0.1) is 0 Å². The van der Waals surface area contributed by atoms with Crippen molar-refractivity contribution in [1.29, 1.82) is 0 Å². The second kappa shape index (κ2) is 3.96. The third-order valence-electron chi connectivity index (χ3n) is 2.21. The molecule has 0 unspecified atom stereocenters. The molecule has 73 valence electrons. The van der Waals surface area contributed by atoms with E-state index in [9.17, 15) is 10.5 Å². The second-order valence-corrected chi connectivity index (χ2v) is 3.23. The zero-order chi connectivity index (χ0) is 10.7. The molecule has 2 heteroatoms. The van der Waals surface area contributed by atoms with Crippen LogP contribution in [0.2, 0.25) is 0 Å². The summed E-state index contributed by atoms with van der Waals surface area (Å²) in [4.78, 5) is 0. The molecule has 0 spiro atoms. The summed E-state index contributed by atoms with van der Waals surface area (Å²) in [6, 6.07) is 15.9. The highest BCUT2D eigenvalue weighted by Crippen LogP contribution is 2.18. The van der Waals surface area contributed by atoms with Crippen molar-refractivity contribution in [3.05, 3.63) is 65.7 Å². The van der Waals surface area contributed by atoms with Crippen molar-refractivity contribution in [1.82, 2.24) is 5.41 Å². The van der Waals surface area contributed by atoms with Crippen LogP contribution in [-0.4, -0.2) is 10.8 Å². The van der Waals surface area contributed by atoms with Gasteiger partial charge in [0.1, 0.15) is 11.5 Å². The standard InChI is InChI=1S/C13H10NO/c14-13(10-6-2-1-3-7-10)11-8-4-5-9-12(11)15/h1-9,15H. The van der Waals surface area contributed by atoms with E-state index in [0.29, 0.717) is 11.1 Å². The van der Waals surface area contributed by atoms with Crippen molar-refractivity contribution >= 4 is 5.71 Å². The summed E-state index contributed by atoms with van der Waals surface area (Å²) in [6.45, 7) is 0. The molecule has 0 aliphatic carbocycles. The van der Waals surface area contributed by atoms with E-state index < -0.39 is 0 Å². The molecule has 2 aromatic carbocycles. The van der Waals surface area contributed by atoms with Crippen molar-refractivity contribution in [3.63, 3.8) is 0 Å². The van der Waals surface area contributed by atoms with Crippen LogP contribution in [0, 0.1) is 0 Å². The van der Waals surface area contributed by atoms with E-state index in [1.165, 1.54) is 0 Å². The lowest BCUT2D eigenvalue weighted by atomic mass is 10.0. The highest BCUT2D eigenvalue weighted by Gasteiger charge is 2.08. The van der Waals surface area contributed by atoms with Gasteiger partial charge in [0.2, 0.25) is 0 Å². The smallest absolute Gasteiger partial charge is 0.125 e. The first kappa shape index (κ1) is 9.46. The molecule has 0 saturated carbocycles. The minimum atomic E-state index is 0.0823. The van der Waals surface area contributed by atoms with Crippen molar-refractivity contribution < 1.29 is 5.11 Å². The minimum absolute atomic E-state index is 0.0823. The molecule has 15 heavy (non-hydrogen) atoms. The Hall–Kier alpha value is -2.09. The molecule has 0 aliphatic rings. The molecule has 0 saturated heterocycles. The third-order valence-corrected chi connectivity index (χ3v) is 2.21. The van der Waals surface area contributed by atoms with Crippen LogP contribution in [0.4, 0.5) is 0 Å². The van der Waals surface area contributed by atoms with Crippen LogP contribution in [0.1, 0.15) is 11.1 Å². The van der Waals surface area contributed by atoms with Crippen LogP contribution in [-0.2, 0) is 0 Å². The van der Waals surface area contributed by atoms with Gasteiger partial charge in [-0.2, -0.15) is 0 Å². The van der Waals surface area contributed by atoms with Crippen LogP contribution in [0.15, 0.2) is 54.6 Å². The van der Waals surface area contributed by atoms with Gasteiger partial charge in [-0.1, -0.05) is 42.5 Å². The van der Waals surface area contributed by atoms with E-state index in [-0.39, 0.29) is 11.5 Å². The lowest BCUT2D eigenvalue weighted by molar-refractivity contribution is 0.474. The van der Waals surface area contributed by atoms with Gasteiger partial charge in [0, 0.05) is 11.1 Å². The number of rotatable bonds is 2. The van der Waals surface area contributed by atoms with Crippen LogP contribution in [0.5, 0.6) is 5.75 Å². The van der Waals surface area contributed by atoms with Crippen LogP contribution in [0.3, 0.4) is 0 Å². The molecule has 0 aromatic heterocycles. The van der Waals surface area contributed by atoms with Gasteiger partial charge in [0.15, 0.2) is 0 Å². The summed E-state index contributed by atoms with van der Waals surface area (Å²) in [7, 11) is 0. The number of aromatic hydroxyl groups is 1. The Morgan fingerprint density at radius 3 is 2.13 bits per heavy atom. The quantitative estimate of drug-likeness (QED) is 0.734. The maximum atomic E-state index is 9.93. The van der Waals surface area contributed by atoms with E-state index in [4.69, 9.17) is 0 Å². The maximum absolute atomic E-state index is 9.93. The molecule has 1 radical (unpaired) electrons. The molecule has 2 nitrogen and oxygen atoms in total. The molecule has 1 N–H and O–H groups in total. The number of benzene rings is 2. The molecule has 0 aliphatic heterocycles. The number of hydrogen-bond acceptors (Lipinski definition) is 1. The lowest BCUT2D eigenvalue weighted by Crippen LogP contribution is -2.03. The zero-order valence-electron chi connectivity index (χ0n) is 8.09. The van der Waals surface area contributed by atoms with E-state index in [1.807, 2.05) is 18.2 Å². The first-order valence-corrected chi connectivity index (χ1v) is 4.69. The molecule has 0 atom stereocenters. The molecule has 0 amide bonds. The fourth-order valence-electron chi connectivity index (χ4n) is 1.43. The lowest BCUT2D eigenvalue weighted by Gasteiger charge is -2.04. The molecule has 2 rings (SSSR count). The van der Waals surface area contributed by atoms with Gasteiger partial charge < -0.3 is 5.11 Å². The third kappa shape index (κ3) is 1.89. The minimum Gasteiger partial charge on any atom is -0.507 e. The number of phenolic OH excluding ortho intramolecular Hbond substituents is 1. The Morgan fingerprint density at radius 2 is 1.47 bits per heavy atom. The van der Waals surface area contributed by atoms with Gasteiger partial charge in [-0.05, 0) is 12.1 Å². The molecule has 0 fully saturated rings. The first-order chi connectivity index (χ1) is 7.29. The molecular formula is C13H10NO. The zero-order valence-corrected chi connectivity index (χ0v) is 8.09. The predicted octanol–water partition coefficient (Wildman–Crippen LogP) is 2.03. The first-order valence-electron chi connectivity index (χ1n) is 4.69. The predicted molar refractivity (Wildman–Crippen MR) is 59.9 cm³/mol. The highest BCUT2D eigenvalue weighted by atomic mass is 16.3. The number of hydrogen-bond donors (Lipinski definition) is 1. The normalized spacial score (nSPS) is 9.87. The average Bonchev–Trinajstić information content (AvgIpc) is 2.30. The monoisotopic (exact) mass is 196 g/mol.